The Morgan fingerprint density at radius 3 is 2.27 bits per heavy atom. The van der Waals surface area contributed by atoms with Crippen LogP contribution in [-0.2, 0) is 17.2 Å². The molecule has 64 valence electrons. The number of nitrogens with zero attached hydrogens (tertiary/aromatic N) is 1. The van der Waals surface area contributed by atoms with Crippen LogP contribution >= 0.6 is 0 Å². The van der Waals surface area contributed by atoms with E-state index in [2.05, 4.69) is 16.8 Å². The molecule has 0 saturated heterocycles. The molecule has 0 rings (SSSR count). The number of hydrogen-bond acceptors (Lipinski definition) is 3. The molecule has 0 aromatic rings. The van der Waals surface area contributed by atoms with Gasteiger partial charge in [0.05, 0.1) is 0 Å². The van der Waals surface area contributed by atoms with E-state index in [1.807, 2.05) is 27.7 Å². The molecule has 0 aromatic heterocycles. The van der Waals surface area contributed by atoms with Gasteiger partial charge in [-0.05, 0) is 19.8 Å². The molecule has 0 saturated carbocycles. The SMILES string of the molecule is CC(C)C(C)(C)OC(=O)N=S. The van der Waals surface area contributed by atoms with Gasteiger partial charge in [0.2, 0.25) is 0 Å². The van der Waals surface area contributed by atoms with Gasteiger partial charge >= 0.3 is 6.09 Å². The van der Waals surface area contributed by atoms with Gasteiger partial charge < -0.3 is 4.74 Å². The van der Waals surface area contributed by atoms with Gasteiger partial charge in [0.15, 0.2) is 0 Å². The Bertz CT molecular complexity index is 166. The summed E-state index contributed by atoms with van der Waals surface area (Å²) in [5.41, 5.74) is -0.487. The van der Waals surface area contributed by atoms with Crippen LogP contribution in [0, 0.1) is 5.92 Å². The second kappa shape index (κ2) is 3.76. The second-order valence-corrected chi connectivity index (χ2v) is 3.40. The van der Waals surface area contributed by atoms with Crippen LogP contribution in [0.2, 0.25) is 0 Å². The van der Waals surface area contributed by atoms with Crippen molar-refractivity contribution < 1.29 is 9.53 Å². The minimum absolute atomic E-state index is 0.253. The highest BCUT2D eigenvalue weighted by Gasteiger charge is 2.26. The van der Waals surface area contributed by atoms with Crippen molar-refractivity contribution in [2.75, 3.05) is 0 Å². The Kier molecular flexibility index (Phi) is 3.58. The average molecular weight is 175 g/mol. The van der Waals surface area contributed by atoms with Crippen LogP contribution in [0.25, 0.3) is 0 Å². The first kappa shape index (κ1) is 10.5. The maximum atomic E-state index is 10.6. The zero-order chi connectivity index (χ0) is 9.07. The molecule has 3 nitrogen and oxygen atoms in total. The Morgan fingerprint density at radius 2 is 2.00 bits per heavy atom. The monoisotopic (exact) mass is 175 g/mol. The van der Waals surface area contributed by atoms with Gasteiger partial charge in [-0.2, -0.15) is 0 Å². The summed E-state index contributed by atoms with van der Waals surface area (Å²) < 4.78 is 7.92. The lowest BCUT2D eigenvalue weighted by molar-refractivity contribution is 0.0113. The van der Waals surface area contributed by atoms with Crippen LogP contribution in [0.4, 0.5) is 4.79 Å². The Balaban J connectivity index is 4.11. The van der Waals surface area contributed by atoms with Crippen molar-refractivity contribution in [3.05, 3.63) is 0 Å². The lowest BCUT2D eigenvalue weighted by atomic mass is 9.95. The zero-order valence-electron chi connectivity index (χ0n) is 7.25. The third-order valence-electron chi connectivity index (χ3n) is 1.82. The highest BCUT2D eigenvalue weighted by atomic mass is 32.1. The van der Waals surface area contributed by atoms with E-state index >= 15 is 0 Å². The van der Waals surface area contributed by atoms with Gasteiger partial charge in [-0.15, -0.1) is 4.36 Å². The van der Waals surface area contributed by atoms with Crippen LogP contribution in [-0.4, -0.2) is 11.7 Å². The van der Waals surface area contributed by atoms with Gasteiger partial charge in [0.25, 0.3) is 0 Å². The number of carbonyl (C=O) groups excluding carboxylic acids is 1. The first-order valence-electron chi connectivity index (χ1n) is 3.46. The van der Waals surface area contributed by atoms with Crippen molar-refractivity contribution in [3.63, 3.8) is 0 Å². The summed E-state index contributed by atoms with van der Waals surface area (Å²) in [5, 5.41) is 0. The first-order valence-corrected chi connectivity index (χ1v) is 3.83. The highest BCUT2D eigenvalue weighted by Crippen LogP contribution is 2.20. The number of amides is 1. The van der Waals surface area contributed by atoms with Crippen LogP contribution in [0.3, 0.4) is 0 Å². The van der Waals surface area contributed by atoms with Gasteiger partial charge in [0, 0.05) is 12.4 Å². The molecule has 0 heterocycles. The van der Waals surface area contributed by atoms with E-state index in [0.717, 1.165) is 0 Å². The summed E-state index contributed by atoms with van der Waals surface area (Å²) in [6.45, 7) is 7.60. The summed E-state index contributed by atoms with van der Waals surface area (Å²) in [6.07, 6.45) is -0.682. The van der Waals surface area contributed by atoms with Crippen molar-refractivity contribution >= 4 is 18.5 Å². The molecular formula is C7H13NO2S. The number of hydrogen-bond donors (Lipinski definition) is 0. The maximum absolute atomic E-state index is 10.6. The molecule has 11 heavy (non-hydrogen) atoms. The fraction of sp³-hybridized carbons (Fsp3) is 0.857. The van der Waals surface area contributed by atoms with Crippen LogP contribution < -0.4 is 0 Å². The molecule has 0 aliphatic heterocycles. The summed E-state index contributed by atoms with van der Waals surface area (Å²) in [5.74, 6) is 0.253. The minimum Gasteiger partial charge on any atom is -0.441 e. The Hall–Kier alpha value is -0.510. The van der Waals surface area contributed by atoms with Crippen molar-refractivity contribution in [3.8, 4) is 0 Å². The topological polar surface area (TPSA) is 38.7 Å². The van der Waals surface area contributed by atoms with Crippen LogP contribution in [0.1, 0.15) is 27.7 Å². The molecule has 0 fully saturated rings. The fourth-order valence-electron chi connectivity index (χ4n) is 0.362. The summed E-state index contributed by atoms with van der Waals surface area (Å²) in [6, 6.07) is 0. The predicted octanol–water partition coefficient (Wildman–Crippen LogP) is 2.29. The molecule has 4 heteroatoms. The Morgan fingerprint density at radius 1 is 1.55 bits per heavy atom. The lowest BCUT2D eigenvalue weighted by Gasteiger charge is -2.27. The Labute approximate surface area is 72.3 Å². The largest absolute Gasteiger partial charge is 0.445 e. The average Bonchev–Trinajstić information content (AvgIpc) is 1.86. The second-order valence-electron chi connectivity index (χ2n) is 3.22. The number of carbonyl (C=O) groups is 1. The number of rotatable bonds is 2. The van der Waals surface area contributed by atoms with Crippen molar-refractivity contribution in [1.29, 1.82) is 0 Å². The van der Waals surface area contributed by atoms with Crippen LogP contribution in [0.5, 0.6) is 0 Å². The fourth-order valence-corrected chi connectivity index (χ4v) is 0.399. The van der Waals surface area contributed by atoms with E-state index in [1.54, 1.807) is 0 Å². The normalized spacial score (nSPS) is 11.4. The van der Waals surface area contributed by atoms with E-state index in [-0.39, 0.29) is 5.92 Å². The molecule has 0 aromatic carbocycles. The first-order chi connectivity index (χ1) is 4.90. The molecule has 0 radical (unpaired) electrons. The standard InChI is InChI=1S/C7H13NO2S/c1-5(2)7(3,4)10-6(9)8-11/h5H,1-4H3. The van der Waals surface area contributed by atoms with E-state index in [0.29, 0.717) is 0 Å². The molecule has 0 atom stereocenters. The van der Waals surface area contributed by atoms with Crippen LogP contribution in [0.15, 0.2) is 4.36 Å². The van der Waals surface area contributed by atoms with E-state index in [9.17, 15) is 4.79 Å². The molecule has 0 aliphatic carbocycles. The van der Waals surface area contributed by atoms with Gasteiger partial charge in [0.1, 0.15) is 5.60 Å². The maximum Gasteiger partial charge on any atom is 0.445 e. The van der Waals surface area contributed by atoms with E-state index < -0.39 is 11.7 Å². The molecule has 0 unspecified atom stereocenters. The molecule has 0 spiro atoms. The smallest absolute Gasteiger partial charge is 0.441 e. The van der Waals surface area contributed by atoms with Gasteiger partial charge in [-0.25, -0.2) is 4.79 Å². The molecule has 0 N–H and O–H groups in total. The highest BCUT2D eigenvalue weighted by molar-refractivity contribution is 7.47. The van der Waals surface area contributed by atoms with E-state index in [4.69, 9.17) is 4.74 Å². The summed E-state index contributed by atoms with van der Waals surface area (Å²) in [4.78, 5) is 10.6. The number of ether oxygens (including phenoxy) is 1. The molecular weight excluding hydrogens is 162 g/mol. The van der Waals surface area contributed by atoms with Gasteiger partial charge in [-0.3, -0.25) is 0 Å². The summed E-state index contributed by atoms with van der Waals surface area (Å²) >= 11 is 4.18. The van der Waals surface area contributed by atoms with Crippen molar-refractivity contribution in [2.24, 2.45) is 10.3 Å². The zero-order valence-corrected chi connectivity index (χ0v) is 8.07. The lowest BCUT2D eigenvalue weighted by Crippen LogP contribution is -2.32. The molecule has 0 aliphatic rings. The minimum atomic E-state index is -0.682. The van der Waals surface area contributed by atoms with Crippen molar-refractivity contribution in [1.82, 2.24) is 0 Å². The van der Waals surface area contributed by atoms with Gasteiger partial charge in [-0.1, -0.05) is 13.8 Å². The summed E-state index contributed by atoms with van der Waals surface area (Å²) in [7, 11) is 0. The van der Waals surface area contributed by atoms with Crippen molar-refractivity contribution in [2.45, 2.75) is 33.3 Å². The third kappa shape index (κ3) is 3.41. The quantitative estimate of drug-likeness (QED) is 0.646. The molecule has 0 bridgehead atoms. The predicted molar refractivity (Wildman–Crippen MR) is 45.2 cm³/mol. The van der Waals surface area contributed by atoms with E-state index in [1.165, 1.54) is 0 Å². The third-order valence-corrected chi connectivity index (χ3v) is 1.96. The molecule has 1 amide bonds.